The molecular weight excluding hydrogens is 522 g/mol. The first kappa shape index (κ1) is 27.9. The Kier molecular flexibility index (Phi) is 8.54. The van der Waals surface area contributed by atoms with Crippen LogP contribution in [0.15, 0.2) is 71.6 Å². The van der Waals surface area contributed by atoms with E-state index in [0.717, 1.165) is 60.2 Å². The number of carbonyl (C=O) groups is 2. The van der Waals surface area contributed by atoms with Crippen LogP contribution in [0.3, 0.4) is 0 Å². The fraction of sp³-hybridized carbons (Fsp3) is 0.375. The second kappa shape index (κ2) is 12.3. The maximum atomic E-state index is 14.2. The molecular formula is C32H37N3O4S. The number of aryl methyl sites for hydroxylation is 2. The molecule has 5 rings (SSSR count). The van der Waals surface area contributed by atoms with Gasteiger partial charge in [0.15, 0.2) is 0 Å². The zero-order valence-electron chi connectivity index (χ0n) is 23.0. The van der Waals surface area contributed by atoms with Crippen LogP contribution < -0.4 is 14.5 Å². The molecule has 1 heterocycles. The van der Waals surface area contributed by atoms with Crippen molar-refractivity contribution in [1.29, 1.82) is 0 Å². The predicted molar refractivity (Wildman–Crippen MR) is 160 cm³/mol. The molecule has 0 atom stereocenters. The van der Waals surface area contributed by atoms with E-state index in [2.05, 4.69) is 23.5 Å². The van der Waals surface area contributed by atoms with E-state index in [1.165, 1.54) is 37.0 Å². The van der Waals surface area contributed by atoms with Gasteiger partial charge < -0.3 is 5.32 Å². The molecule has 1 aliphatic carbocycles. The van der Waals surface area contributed by atoms with Gasteiger partial charge in [-0.2, -0.15) is 0 Å². The standard InChI is InChI=1S/C32H37N3O4S/c1-24-11-7-8-17-30(24)33-32(37)34(23-36)28-15-10-16-29(22-28)40(38,39)35-20-9-3-6-14-26-18-19-27(21-31(26)35)25-12-4-2-5-13-25/h7-8,10-11,15-19,21-23,25H,2-6,9,12-14,20H2,1H3,(H,33,37). The van der Waals surface area contributed by atoms with Gasteiger partial charge in [-0.25, -0.2) is 18.1 Å². The Morgan fingerprint density at radius 1 is 0.925 bits per heavy atom. The van der Waals surface area contributed by atoms with Crippen LogP contribution in [0.5, 0.6) is 0 Å². The number of para-hydroxylation sites is 1. The number of nitrogens with zero attached hydrogens (tertiary/aromatic N) is 2. The van der Waals surface area contributed by atoms with Crippen molar-refractivity contribution in [2.45, 2.75) is 75.5 Å². The zero-order valence-corrected chi connectivity index (χ0v) is 23.8. The van der Waals surface area contributed by atoms with Gasteiger partial charge in [-0.05, 0) is 92.0 Å². The highest BCUT2D eigenvalue weighted by atomic mass is 32.2. The summed E-state index contributed by atoms with van der Waals surface area (Å²) >= 11 is 0. The Labute approximate surface area is 237 Å². The van der Waals surface area contributed by atoms with E-state index in [-0.39, 0.29) is 10.6 Å². The molecule has 7 nitrogen and oxygen atoms in total. The Balaban J connectivity index is 1.48. The van der Waals surface area contributed by atoms with Crippen molar-refractivity contribution in [2.75, 3.05) is 21.1 Å². The second-order valence-corrected chi connectivity index (χ2v) is 12.7. The van der Waals surface area contributed by atoms with Crippen molar-refractivity contribution in [3.8, 4) is 0 Å². The molecule has 3 aromatic carbocycles. The molecule has 3 aromatic rings. The normalized spacial score (nSPS) is 16.4. The molecule has 0 radical (unpaired) electrons. The topological polar surface area (TPSA) is 86.8 Å². The Hall–Kier alpha value is -3.65. The van der Waals surface area contributed by atoms with Crippen LogP contribution in [0, 0.1) is 6.92 Å². The molecule has 0 bridgehead atoms. The van der Waals surface area contributed by atoms with E-state index in [1.54, 1.807) is 28.6 Å². The Bertz CT molecular complexity index is 1480. The van der Waals surface area contributed by atoms with Crippen molar-refractivity contribution < 1.29 is 18.0 Å². The van der Waals surface area contributed by atoms with E-state index in [4.69, 9.17) is 0 Å². The second-order valence-electron chi connectivity index (χ2n) is 10.8. The van der Waals surface area contributed by atoms with E-state index < -0.39 is 16.1 Å². The Morgan fingerprint density at radius 2 is 1.70 bits per heavy atom. The number of nitrogens with one attached hydrogen (secondary N) is 1. The van der Waals surface area contributed by atoms with Crippen molar-refractivity contribution in [1.82, 2.24) is 0 Å². The van der Waals surface area contributed by atoms with Crippen LogP contribution in [0.1, 0.15) is 74.0 Å². The summed E-state index contributed by atoms with van der Waals surface area (Å²) in [6.45, 7) is 2.24. The first-order valence-electron chi connectivity index (χ1n) is 14.3. The minimum atomic E-state index is -3.96. The van der Waals surface area contributed by atoms with E-state index in [0.29, 0.717) is 24.6 Å². The lowest BCUT2D eigenvalue weighted by molar-refractivity contribution is -0.106. The SMILES string of the molecule is Cc1ccccc1NC(=O)N(C=O)c1cccc(S(=O)(=O)N2CCCCCc3ccc(C4CCCCC4)cc32)c1. The van der Waals surface area contributed by atoms with Crippen LogP contribution >= 0.6 is 0 Å². The number of hydrogen-bond donors (Lipinski definition) is 1. The third-order valence-electron chi connectivity index (χ3n) is 8.16. The number of amides is 3. The maximum absolute atomic E-state index is 14.2. The van der Waals surface area contributed by atoms with E-state index in [1.807, 2.05) is 19.1 Å². The molecule has 0 unspecified atom stereocenters. The number of fused-ring (bicyclic) bond motifs is 1. The number of benzene rings is 3. The molecule has 2 aliphatic rings. The van der Waals surface area contributed by atoms with Crippen molar-refractivity contribution in [3.05, 3.63) is 83.4 Å². The summed E-state index contributed by atoms with van der Waals surface area (Å²) in [5.41, 5.74) is 4.64. The van der Waals surface area contributed by atoms with Gasteiger partial charge in [0.05, 0.1) is 16.3 Å². The van der Waals surface area contributed by atoms with E-state index >= 15 is 0 Å². The third-order valence-corrected chi connectivity index (χ3v) is 9.97. The number of carbonyl (C=O) groups excluding carboxylic acids is 2. The van der Waals surface area contributed by atoms with Crippen LogP contribution in [0.2, 0.25) is 0 Å². The van der Waals surface area contributed by atoms with Gasteiger partial charge >= 0.3 is 6.03 Å². The summed E-state index contributed by atoms with van der Waals surface area (Å²) in [5, 5.41) is 2.74. The average Bonchev–Trinajstić information content (AvgIpc) is 2.95. The molecule has 3 amide bonds. The molecule has 0 spiro atoms. The summed E-state index contributed by atoms with van der Waals surface area (Å²) in [6, 6.07) is 19.1. The van der Waals surface area contributed by atoms with Crippen molar-refractivity contribution in [3.63, 3.8) is 0 Å². The maximum Gasteiger partial charge on any atom is 0.332 e. The highest BCUT2D eigenvalue weighted by molar-refractivity contribution is 7.92. The van der Waals surface area contributed by atoms with Gasteiger partial charge in [0.2, 0.25) is 6.41 Å². The number of sulfonamides is 1. The lowest BCUT2D eigenvalue weighted by atomic mass is 9.83. The summed E-state index contributed by atoms with van der Waals surface area (Å²) in [5.74, 6) is 0.463. The highest BCUT2D eigenvalue weighted by Gasteiger charge is 2.30. The molecule has 1 saturated carbocycles. The largest absolute Gasteiger partial charge is 0.332 e. The number of imide groups is 1. The zero-order chi connectivity index (χ0) is 28.1. The minimum absolute atomic E-state index is 0.0511. The van der Waals surface area contributed by atoms with Crippen molar-refractivity contribution >= 4 is 39.5 Å². The summed E-state index contributed by atoms with van der Waals surface area (Å²) in [4.78, 5) is 26.0. The quantitative estimate of drug-likeness (QED) is 0.325. The van der Waals surface area contributed by atoms with Crippen LogP contribution in [0.4, 0.5) is 21.9 Å². The minimum Gasteiger partial charge on any atom is -0.307 e. The third kappa shape index (κ3) is 5.92. The molecule has 40 heavy (non-hydrogen) atoms. The lowest BCUT2D eigenvalue weighted by Crippen LogP contribution is -2.35. The summed E-state index contributed by atoms with van der Waals surface area (Å²) in [7, 11) is -3.96. The molecule has 0 saturated heterocycles. The Morgan fingerprint density at radius 3 is 2.48 bits per heavy atom. The van der Waals surface area contributed by atoms with Gasteiger partial charge in [0.25, 0.3) is 10.0 Å². The number of hydrogen-bond acceptors (Lipinski definition) is 4. The van der Waals surface area contributed by atoms with Gasteiger partial charge in [-0.3, -0.25) is 9.10 Å². The molecule has 8 heteroatoms. The first-order valence-corrected chi connectivity index (χ1v) is 15.7. The average molecular weight is 560 g/mol. The summed E-state index contributed by atoms with van der Waals surface area (Å²) in [6.07, 6.45) is 9.95. The predicted octanol–water partition coefficient (Wildman–Crippen LogP) is 7.16. The summed E-state index contributed by atoms with van der Waals surface area (Å²) < 4.78 is 29.9. The molecule has 0 aromatic heterocycles. The van der Waals surface area contributed by atoms with Gasteiger partial charge in [-0.1, -0.05) is 62.1 Å². The fourth-order valence-corrected chi connectivity index (χ4v) is 7.44. The number of rotatable bonds is 6. The van der Waals surface area contributed by atoms with E-state index in [9.17, 15) is 18.0 Å². The molecule has 1 fully saturated rings. The first-order chi connectivity index (χ1) is 19.4. The van der Waals surface area contributed by atoms with Gasteiger partial charge in [-0.15, -0.1) is 0 Å². The molecule has 1 aliphatic heterocycles. The highest BCUT2D eigenvalue weighted by Crippen LogP contribution is 2.38. The van der Waals surface area contributed by atoms with Gasteiger partial charge in [0.1, 0.15) is 0 Å². The van der Waals surface area contributed by atoms with Crippen LogP contribution in [-0.4, -0.2) is 27.4 Å². The molecule has 1 N–H and O–H groups in total. The van der Waals surface area contributed by atoms with Crippen LogP contribution in [-0.2, 0) is 21.2 Å². The molecule has 210 valence electrons. The van der Waals surface area contributed by atoms with Crippen LogP contribution in [0.25, 0.3) is 0 Å². The number of urea groups is 1. The van der Waals surface area contributed by atoms with Gasteiger partial charge in [0, 0.05) is 12.2 Å². The monoisotopic (exact) mass is 559 g/mol. The number of anilines is 3. The smallest absolute Gasteiger partial charge is 0.307 e. The lowest BCUT2D eigenvalue weighted by Gasteiger charge is -2.31. The fourth-order valence-electron chi connectivity index (χ4n) is 5.87. The van der Waals surface area contributed by atoms with Crippen molar-refractivity contribution in [2.24, 2.45) is 0 Å².